The first-order valence-electron chi connectivity index (χ1n) is 7.42. The Morgan fingerprint density at radius 2 is 1.86 bits per heavy atom. The molecule has 114 valence electrons. The Bertz CT molecular complexity index is 520. The van der Waals surface area contributed by atoms with Gasteiger partial charge in [-0.2, -0.15) is 0 Å². The standard InChI is InChI=1S/C16H20ClNO3/c1-16(20-10-11-21-16)12-6-8-18(9-7-12)15(19)13-4-2-3-5-14(13)17/h2-5,12H,6-11H2,1H3. The summed E-state index contributed by atoms with van der Waals surface area (Å²) in [5.41, 5.74) is 0.581. The summed E-state index contributed by atoms with van der Waals surface area (Å²) in [6.45, 7) is 4.77. The Kier molecular flexibility index (Phi) is 4.20. The highest BCUT2D eigenvalue weighted by Gasteiger charge is 2.41. The Labute approximate surface area is 130 Å². The van der Waals surface area contributed by atoms with Crippen molar-refractivity contribution >= 4 is 17.5 Å². The first kappa shape index (κ1) is 14.8. The smallest absolute Gasteiger partial charge is 0.255 e. The normalized spacial score (nSPS) is 22.5. The van der Waals surface area contributed by atoms with Crippen molar-refractivity contribution < 1.29 is 14.3 Å². The number of hydrogen-bond acceptors (Lipinski definition) is 3. The van der Waals surface area contributed by atoms with Crippen LogP contribution >= 0.6 is 11.6 Å². The molecule has 2 heterocycles. The van der Waals surface area contributed by atoms with Gasteiger partial charge in [0, 0.05) is 19.0 Å². The SMILES string of the molecule is CC1(C2CCN(C(=O)c3ccccc3Cl)CC2)OCCO1. The summed E-state index contributed by atoms with van der Waals surface area (Å²) in [6.07, 6.45) is 1.79. The highest BCUT2D eigenvalue weighted by atomic mass is 35.5. The van der Waals surface area contributed by atoms with E-state index in [1.54, 1.807) is 12.1 Å². The average molecular weight is 310 g/mol. The van der Waals surface area contributed by atoms with Crippen molar-refractivity contribution in [1.29, 1.82) is 0 Å². The molecule has 2 fully saturated rings. The van der Waals surface area contributed by atoms with E-state index in [1.165, 1.54) is 0 Å². The second-order valence-corrected chi connectivity index (χ2v) is 6.17. The zero-order chi connectivity index (χ0) is 14.9. The van der Waals surface area contributed by atoms with E-state index in [2.05, 4.69) is 0 Å². The summed E-state index contributed by atoms with van der Waals surface area (Å²) in [7, 11) is 0. The third-order valence-corrected chi connectivity index (χ3v) is 4.82. The van der Waals surface area contributed by atoms with Crippen molar-refractivity contribution in [2.45, 2.75) is 25.6 Å². The van der Waals surface area contributed by atoms with Crippen LogP contribution in [-0.4, -0.2) is 42.9 Å². The molecule has 5 heteroatoms. The number of benzene rings is 1. The van der Waals surface area contributed by atoms with Crippen LogP contribution in [0.2, 0.25) is 5.02 Å². The van der Waals surface area contributed by atoms with Crippen molar-refractivity contribution in [3.8, 4) is 0 Å². The molecule has 0 spiro atoms. The average Bonchev–Trinajstić information content (AvgIpc) is 2.95. The molecule has 0 atom stereocenters. The van der Waals surface area contributed by atoms with Crippen LogP contribution in [0.3, 0.4) is 0 Å². The fourth-order valence-electron chi connectivity index (χ4n) is 3.18. The van der Waals surface area contributed by atoms with E-state index >= 15 is 0 Å². The number of ether oxygens (including phenoxy) is 2. The van der Waals surface area contributed by atoms with Crippen LogP contribution in [0.5, 0.6) is 0 Å². The maximum atomic E-state index is 12.5. The summed E-state index contributed by atoms with van der Waals surface area (Å²) in [5.74, 6) is -0.118. The van der Waals surface area contributed by atoms with Crippen molar-refractivity contribution in [3.63, 3.8) is 0 Å². The predicted octanol–water partition coefficient (Wildman–Crippen LogP) is 2.96. The molecular formula is C16H20ClNO3. The number of amides is 1. The van der Waals surface area contributed by atoms with E-state index in [1.807, 2.05) is 24.0 Å². The first-order valence-corrected chi connectivity index (χ1v) is 7.80. The van der Waals surface area contributed by atoms with E-state index in [4.69, 9.17) is 21.1 Å². The molecule has 0 unspecified atom stereocenters. The molecule has 1 aromatic rings. The van der Waals surface area contributed by atoms with E-state index in [9.17, 15) is 4.79 Å². The van der Waals surface area contributed by atoms with Gasteiger partial charge in [-0.3, -0.25) is 4.79 Å². The van der Waals surface area contributed by atoms with Gasteiger partial charge >= 0.3 is 0 Å². The van der Waals surface area contributed by atoms with Crippen molar-refractivity contribution in [3.05, 3.63) is 34.9 Å². The zero-order valence-corrected chi connectivity index (χ0v) is 12.9. The maximum absolute atomic E-state index is 12.5. The van der Waals surface area contributed by atoms with Crippen LogP contribution in [0, 0.1) is 5.92 Å². The molecule has 0 aliphatic carbocycles. The van der Waals surface area contributed by atoms with Gasteiger partial charge in [0.2, 0.25) is 0 Å². The molecule has 2 aliphatic heterocycles. The maximum Gasteiger partial charge on any atom is 0.255 e. The minimum Gasteiger partial charge on any atom is -0.348 e. The number of hydrogen-bond donors (Lipinski definition) is 0. The number of likely N-dealkylation sites (tertiary alicyclic amines) is 1. The lowest BCUT2D eigenvalue weighted by molar-refractivity contribution is -0.189. The molecule has 0 aromatic heterocycles. The number of halogens is 1. The van der Waals surface area contributed by atoms with Crippen LogP contribution in [0.15, 0.2) is 24.3 Å². The van der Waals surface area contributed by atoms with Gasteiger partial charge < -0.3 is 14.4 Å². The molecule has 4 nitrogen and oxygen atoms in total. The molecule has 0 radical (unpaired) electrons. The number of carbonyl (C=O) groups is 1. The quantitative estimate of drug-likeness (QED) is 0.843. The summed E-state index contributed by atoms with van der Waals surface area (Å²) in [6, 6.07) is 7.21. The minimum absolute atomic E-state index is 0.0115. The van der Waals surface area contributed by atoms with Gasteiger partial charge in [0.25, 0.3) is 5.91 Å². The first-order chi connectivity index (χ1) is 10.1. The number of nitrogens with zero attached hydrogens (tertiary/aromatic N) is 1. The molecule has 1 aromatic carbocycles. The summed E-state index contributed by atoms with van der Waals surface area (Å²) >= 11 is 6.11. The number of rotatable bonds is 2. The van der Waals surface area contributed by atoms with Crippen molar-refractivity contribution in [1.82, 2.24) is 4.90 Å². The van der Waals surface area contributed by atoms with E-state index in [0.717, 1.165) is 25.9 Å². The van der Waals surface area contributed by atoms with Crippen LogP contribution < -0.4 is 0 Å². The monoisotopic (exact) mass is 309 g/mol. The second-order valence-electron chi connectivity index (χ2n) is 5.76. The molecule has 2 aliphatic rings. The van der Waals surface area contributed by atoms with Gasteiger partial charge in [-0.15, -0.1) is 0 Å². The van der Waals surface area contributed by atoms with Gasteiger partial charge in [0.1, 0.15) is 0 Å². The fraction of sp³-hybridized carbons (Fsp3) is 0.562. The molecule has 1 amide bonds. The van der Waals surface area contributed by atoms with Crippen LogP contribution in [0.1, 0.15) is 30.1 Å². The summed E-state index contributed by atoms with van der Waals surface area (Å²) in [4.78, 5) is 14.4. The number of piperidine rings is 1. The Hall–Kier alpha value is -1.10. The third-order valence-electron chi connectivity index (χ3n) is 4.49. The lowest BCUT2D eigenvalue weighted by Crippen LogP contribution is -2.46. The Morgan fingerprint density at radius 1 is 1.24 bits per heavy atom. The van der Waals surface area contributed by atoms with E-state index < -0.39 is 5.79 Å². The molecule has 2 saturated heterocycles. The van der Waals surface area contributed by atoms with Gasteiger partial charge in [0.15, 0.2) is 5.79 Å². The predicted molar refractivity (Wildman–Crippen MR) is 80.4 cm³/mol. The van der Waals surface area contributed by atoms with E-state index in [-0.39, 0.29) is 5.91 Å². The largest absolute Gasteiger partial charge is 0.348 e. The number of carbonyl (C=O) groups excluding carboxylic acids is 1. The van der Waals surface area contributed by atoms with E-state index in [0.29, 0.717) is 29.7 Å². The van der Waals surface area contributed by atoms with Gasteiger partial charge in [0.05, 0.1) is 23.8 Å². The van der Waals surface area contributed by atoms with Crippen molar-refractivity contribution in [2.75, 3.05) is 26.3 Å². The summed E-state index contributed by atoms with van der Waals surface area (Å²) in [5, 5.41) is 0.513. The van der Waals surface area contributed by atoms with Gasteiger partial charge in [-0.25, -0.2) is 0 Å². The summed E-state index contributed by atoms with van der Waals surface area (Å²) < 4.78 is 11.5. The van der Waals surface area contributed by atoms with Gasteiger partial charge in [-0.05, 0) is 31.9 Å². The molecule has 0 N–H and O–H groups in total. The molecular weight excluding hydrogens is 290 g/mol. The molecule has 3 rings (SSSR count). The van der Waals surface area contributed by atoms with Crippen LogP contribution in [0.4, 0.5) is 0 Å². The molecule has 0 saturated carbocycles. The second kappa shape index (κ2) is 5.95. The van der Waals surface area contributed by atoms with Gasteiger partial charge in [-0.1, -0.05) is 23.7 Å². The molecule has 0 bridgehead atoms. The Balaban J connectivity index is 1.63. The molecule has 21 heavy (non-hydrogen) atoms. The van der Waals surface area contributed by atoms with Crippen LogP contribution in [0.25, 0.3) is 0 Å². The minimum atomic E-state index is -0.473. The van der Waals surface area contributed by atoms with Crippen LogP contribution in [-0.2, 0) is 9.47 Å². The zero-order valence-electron chi connectivity index (χ0n) is 12.2. The third kappa shape index (κ3) is 2.93. The Morgan fingerprint density at radius 3 is 2.48 bits per heavy atom. The topological polar surface area (TPSA) is 38.8 Å². The highest BCUT2D eigenvalue weighted by Crippen LogP contribution is 2.35. The van der Waals surface area contributed by atoms with Crippen molar-refractivity contribution in [2.24, 2.45) is 5.92 Å². The highest BCUT2D eigenvalue weighted by molar-refractivity contribution is 6.33. The fourth-order valence-corrected chi connectivity index (χ4v) is 3.39. The lowest BCUT2D eigenvalue weighted by atomic mass is 9.89. The lowest BCUT2D eigenvalue weighted by Gasteiger charge is -2.39.